The largest absolute Gasteiger partial charge is 0.443 e. The van der Waals surface area contributed by atoms with Gasteiger partial charge in [-0.3, -0.25) is 9.88 Å². The number of nitrogens with zero attached hydrogens (tertiary/aromatic N) is 2. The molecule has 1 amide bonds. The molecule has 0 spiro atoms. The highest BCUT2D eigenvalue weighted by Crippen LogP contribution is 2.29. The molecule has 0 aromatic carbocycles. The number of aromatic nitrogens is 1. The van der Waals surface area contributed by atoms with E-state index in [-0.39, 0.29) is 5.69 Å². The lowest BCUT2D eigenvalue weighted by atomic mass is 9.99. The topological polar surface area (TPSA) is 42.4 Å². The van der Waals surface area contributed by atoms with Crippen molar-refractivity contribution < 1.29 is 18.3 Å². The van der Waals surface area contributed by atoms with Gasteiger partial charge in [0.2, 0.25) is 0 Å². The molecule has 2 rings (SSSR count). The number of hydrogen-bond acceptors (Lipinski definition) is 3. The van der Waals surface area contributed by atoms with E-state index in [1.54, 1.807) is 31.7 Å². The van der Waals surface area contributed by atoms with E-state index in [2.05, 4.69) is 4.98 Å². The van der Waals surface area contributed by atoms with E-state index in [0.717, 1.165) is 6.42 Å². The highest BCUT2D eigenvalue weighted by atomic mass is 19.3. The maximum Gasteiger partial charge on any atom is 0.414 e. The van der Waals surface area contributed by atoms with Crippen molar-refractivity contribution in [2.75, 3.05) is 6.54 Å². The van der Waals surface area contributed by atoms with E-state index < -0.39 is 18.1 Å². The van der Waals surface area contributed by atoms with Crippen LogP contribution in [-0.2, 0) is 4.74 Å². The molecule has 126 valence electrons. The van der Waals surface area contributed by atoms with Gasteiger partial charge < -0.3 is 4.74 Å². The minimum Gasteiger partial charge on any atom is -0.443 e. The van der Waals surface area contributed by atoms with Crippen LogP contribution in [0.4, 0.5) is 13.6 Å². The lowest BCUT2D eigenvalue weighted by Crippen LogP contribution is -2.39. The Labute approximate surface area is 135 Å². The van der Waals surface area contributed by atoms with E-state index in [1.807, 2.05) is 13.0 Å². The fourth-order valence-corrected chi connectivity index (χ4v) is 2.36. The van der Waals surface area contributed by atoms with Crippen LogP contribution in [0.1, 0.15) is 51.8 Å². The number of halogens is 2. The Hall–Kier alpha value is -1.98. The molecule has 1 aromatic heterocycles. The zero-order valence-electron chi connectivity index (χ0n) is 13.8. The molecule has 0 saturated carbocycles. The van der Waals surface area contributed by atoms with Gasteiger partial charge in [0.15, 0.2) is 0 Å². The first-order valence-electron chi connectivity index (χ1n) is 7.62. The van der Waals surface area contributed by atoms with Crippen LogP contribution < -0.4 is 0 Å². The molecule has 0 saturated heterocycles. The Morgan fingerprint density at radius 3 is 2.61 bits per heavy atom. The van der Waals surface area contributed by atoms with E-state index in [1.165, 1.54) is 12.3 Å². The van der Waals surface area contributed by atoms with Crippen molar-refractivity contribution in [3.8, 4) is 0 Å². The summed E-state index contributed by atoms with van der Waals surface area (Å²) in [6.45, 7) is 7.99. The zero-order valence-corrected chi connectivity index (χ0v) is 13.8. The van der Waals surface area contributed by atoms with E-state index in [0.29, 0.717) is 23.7 Å². The second-order valence-electron chi connectivity index (χ2n) is 6.79. The summed E-state index contributed by atoms with van der Waals surface area (Å²) in [5.41, 5.74) is 0.417. The van der Waals surface area contributed by atoms with Gasteiger partial charge in [0.25, 0.3) is 6.43 Å². The number of amides is 1. The quantitative estimate of drug-likeness (QED) is 0.796. The van der Waals surface area contributed by atoms with Gasteiger partial charge in [-0.1, -0.05) is 13.0 Å². The third-order valence-corrected chi connectivity index (χ3v) is 3.42. The fourth-order valence-electron chi connectivity index (χ4n) is 2.36. The molecule has 2 heterocycles. The Morgan fingerprint density at radius 1 is 1.39 bits per heavy atom. The number of pyridine rings is 1. The minimum atomic E-state index is -2.61. The first-order chi connectivity index (χ1) is 10.7. The number of carbonyl (C=O) groups is 1. The highest BCUT2D eigenvalue weighted by molar-refractivity contribution is 5.82. The van der Waals surface area contributed by atoms with Crippen LogP contribution in [-0.4, -0.2) is 28.1 Å². The molecule has 4 nitrogen and oxygen atoms in total. The van der Waals surface area contributed by atoms with Crippen LogP contribution in [0.2, 0.25) is 0 Å². The first kappa shape index (κ1) is 17.4. The SMILES string of the molecule is CC1CC=C(c2ccc(C(F)F)nc2)N(C(=O)OC(C)(C)C)C1. The van der Waals surface area contributed by atoms with E-state index in [9.17, 15) is 13.6 Å². The second-order valence-corrected chi connectivity index (χ2v) is 6.79. The first-order valence-corrected chi connectivity index (χ1v) is 7.62. The number of alkyl halides is 2. The Bertz CT molecular complexity index is 592. The van der Waals surface area contributed by atoms with Gasteiger partial charge in [-0.05, 0) is 45.2 Å². The summed E-state index contributed by atoms with van der Waals surface area (Å²) in [6, 6.07) is 2.85. The van der Waals surface area contributed by atoms with Crippen molar-refractivity contribution in [2.24, 2.45) is 5.92 Å². The van der Waals surface area contributed by atoms with Crippen LogP contribution >= 0.6 is 0 Å². The molecule has 0 fully saturated rings. The molecule has 0 N–H and O–H groups in total. The number of carbonyl (C=O) groups excluding carboxylic acids is 1. The normalized spacial score (nSPS) is 18.8. The van der Waals surface area contributed by atoms with Gasteiger partial charge in [-0.2, -0.15) is 0 Å². The van der Waals surface area contributed by atoms with Crippen molar-refractivity contribution in [3.05, 3.63) is 35.7 Å². The molecule has 0 bridgehead atoms. The third-order valence-electron chi connectivity index (χ3n) is 3.42. The zero-order chi connectivity index (χ0) is 17.2. The van der Waals surface area contributed by atoms with Crippen LogP contribution in [0.15, 0.2) is 24.4 Å². The van der Waals surface area contributed by atoms with E-state index >= 15 is 0 Å². The second kappa shape index (κ2) is 6.64. The van der Waals surface area contributed by atoms with Crippen molar-refractivity contribution in [2.45, 2.75) is 46.1 Å². The van der Waals surface area contributed by atoms with Crippen molar-refractivity contribution >= 4 is 11.8 Å². The lowest BCUT2D eigenvalue weighted by Gasteiger charge is -2.33. The molecule has 1 aliphatic heterocycles. The predicted octanol–water partition coefficient (Wildman–Crippen LogP) is 4.64. The summed E-state index contributed by atoms with van der Waals surface area (Å²) in [4.78, 5) is 17.8. The molecule has 6 heteroatoms. The number of ether oxygens (including phenoxy) is 1. The average molecular weight is 324 g/mol. The Balaban J connectivity index is 2.28. The van der Waals surface area contributed by atoms with Gasteiger partial charge in [0.1, 0.15) is 11.3 Å². The summed E-state index contributed by atoms with van der Waals surface area (Å²) in [5, 5.41) is 0. The van der Waals surface area contributed by atoms with Gasteiger partial charge in [0.05, 0.1) is 5.70 Å². The smallest absolute Gasteiger partial charge is 0.414 e. The molecule has 1 unspecified atom stereocenters. The monoisotopic (exact) mass is 324 g/mol. The predicted molar refractivity (Wildman–Crippen MR) is 83.9 cm³/mol. The van der Waals surface area contributed by atoms with Crippen molar-refractivity contribution in [1.29, 1.82) is 0 Å². The summed E-state index contributed by atoms with van der Waals surface area (Å²) >= 11 is 0. The van der Waals surface area contributed by atoms with Gasteiger partial charge in [-0.15, -0.1) is 0 Å². The summed E-state index contributed by atoms with van der Waals surface area (Å²) < 4.78 is 30.7. The average Bonchev–Trinajstić information content (AvgIpc) is 2.45. The number of hydrogen-bond donors (Lipinski definition) is 0. The minimum absolute atomic E-state index is 0.276. The summed E-state index contributed by atoms with van der Waals surface area (Å²) in [5.74, 6) is 0.305. The van der Waals surface area contributed by atoms with Crippen LogP contribution in [0, 0.1) is 5.92 Å². The molecule has 23 heavy (non-hydrogen) atoms. The molecule has 1 atom stereocenters. The number of rotatable bonds is 2. The summed E-state index contributed by atoms with van der Waals surface area (Å²) in [7, 11) is 0. The lowest BCUT2D eigenvalue weighted by molar-refractivity contribution is 0.0327. The molecular weight excluding hydrogens is 302 g/mol. The Morgan fingerprint density at radius 2 is 2.09 bits per heavy atom. The van der Waals surface area contributed by atoms with Gasteiger partial charge in [-0.25, -0.2) is 13.6 Å². The molecular formula is C17H22F2N2O2. The third kappa shape index (κ3) is 4.50. The van der Waals surface area contributed by atoms with Gasteiger partial charge in [0, 0.05) is 18.3 Å². The van der Waals surface area contributed by atoms with Crippen molar-refractivity contribution in [3.63, 3.8) is 0 Å². The maximum atomic E-state index is 12.6. The fraction of sp³-hybridized carbons (Fsp3) is 0.529. The molecule has 0 aliphatic carbocycles. The van der Waals surface area contributed by atoms with Crippen molar-refractivity contribution in [1.82, 2.24) is 9.88 Å². The molecule has 0 radical (unpaired) electrons. The van der Waals surface area contributed by atoms with Crippen LogP contribution in [0.3, 0.4) is 0 Å². The van der Waals surface area contributed by atoms with Crippen LogP contribution in [0.5, 0.6) is 0 Å². The van der Waals surface area contributed by atoms with E-state index in [4.69, 9.17) is 4.74 Å². The van der Waals surface area contributed by atoms with Crippen LogP contribution in [0.25, 0.3) is 5.70 Å². The van der Waals surface area contributed by atoms with Gasteiger partial charge >= 0.3 is 6.09 Å². The molecule has 1 aliphatic rings. The molecule has 1 aromatic rings. The maximum absolute atomic E-state index is 12.6. The number of allylic oxidation sites excluding steroid dienone is 1. The standard InChI is InChI=1S/C17H22F2N2O2/c1-11-5-8-14(12-6-7-13(15(18)19)20-9-12)21(10-11)16(22)23-17(2,3)4/h6-9,11,15H,5,10H2,1-4H3. The Kier molecular flexibility index (Phi) is 5.02. The highest BCUT2D eigenvalue weighted by Gasteiger charge is 2.29. The summed E-state index contributed by atoms with van der Waals surface area (Å²) in [6.07, 6.45) is 1.07.